The van der Waals surface area contributed by atoms with Crippen LogP contribution in [0.15, 0.2) is 40.3 Å². The first-order chi connectivity index (χ1) is 7.33. The molecule has 0 saturated carbocycles. The molecule has 0 aliphatic heterocycles. The first kappa shape index (κ1) is 11.1. The van der Waals surface area contributed by atoms with Gasteiger partial charge in [-0.1, -0.05) is 30.3 Å². The Morgan fingerprint density at radius 3 is 2.80 bits per heavy atom. The van der Waals surface area contributed by atoms with Gasteiger partial charge >= 0.3 is 6.09 Å². The summed E-state index contributed by atoms with van der Waals surface area (Å²) >= 11 is 0. The zero-order chi connectivity index (χ0) is 10.9. The van der Waals surface area contributed by atoms with Crippen molar-refractivity contribution in [1.29, 1.82) is 0 Å². The summed E-state index contributed by atoms with van der Waals surface area (Å²) in [4.78, 5) is 17.9. The molecule has 0 aliphatic carbocycles. The third-order valence-electron chi connectivity index (χ3n) is 1.58. The van der Waals surface area contributed by atoms with E-state index in [0.717, 1.165) is 5.56 Å². The van der Waals surface area contributed by atoms with E-state index in [1.807, 2.05) is 30.3 Å². The lowest BCUT2D eigenvalue weighted by atomic mass is 10.2. The molecule has 0 unspecified atom stereocenters. The number of nitrogens with zero attached hydrogens (tertiary/aromatic N) is 2. The maximum atomic E-state index is 10.7. The third kappa shape index (κ3) is 4.74. The van der Waals surface area contributed by atoms with Gasteiger partial charge in [-0.3, -0.25) is 0 Å². The molecule has 0 fully saturated rings. The molecule has 1 rings (SSSR count). The fourth-order valence-electron chi connectivity index (χ4n) is 0.942. The van der Waals surface area contributed by atoms with Gasteiger partial charge in [0.1, 0.15) is 6.01 Å². The highest BCUT2D eigenvalue weighted by molar-refractivity contribution is 5.75. The van der Waals surface area contributed by atoms with Gasteiger partial charge in [0.05, 0.1) is 13.2 Å². The molecule has 0 aliphatic rings. The SMILES string of the molecule is CCOC(=O)N=C=NCc1ccccc1. The summed E-state index contributed by atoms with van der Waals surface area (Å²) in [6, 6.07) is 12.0. The van der Waals surface area contributed by atoms with Crippen LogP contribution < -0.4 is 0 Å². The van der Waals surface area contributed by atoms with E-state index >= 15 is 0 Å². The molecule has 78 valence electrons. The zero-order valence-corrected chi connectivity index (χ0v) is 8.51. The molecule has 0 aromatic heterocycles. The summed E-state index contributed by atoms with van der Waals surface area (Å²) in [5.74, 6) is 0. The molecule has 0 radical (unpaired) electrons. The number of hydrogen-bond acceptors (Lipinski definition) is 3. The maximum Gasteiger partial charge on any atom is 0.443 e. The molecular formula is C11H12N2O2. The number of carbonyl (C=O) groups excluding carboxylic acids is 1. The Balaban J connectivity index is 2.43. The molecule has 1 aromatic rings. The summed E-state index contributed by atoms with van der Waals surface area (Å²) in [5.41, 5.74) is 1.05. The molecule has 4 nitrogen and oxygen atoms in total. The summed E-state index contributed by atoms with van der Waals surface area (Å²) in [5, 5.41) is 0. The maximum absolute atomic E-state index is 10.7. The molecule has 0 spiro atoms. The van der Waals surface area contributed by atoms with Crippen LogP contribution in [0.1, 0.15) is 12.5 Å². The molecular weight excluding hydrogens is 192 g/mol. The molecule has 0 bridgehead atoms. The highest BCUT2D eigenvalue weighted by Crippen LogP contribution is 1.98. The fourth-order valence-corrected chi connectivity index (χ4v) is 0.942. The van der Waals surface area contributed by atoms with E-state index < -0.39 is 6.09 Å². The van der Waals surface area contributed by atoms with Crippen LogP contribution in [0, 0.1) is 0 Å². The van der Waals surface area contributed by atoms with Crippen LogP contribution in [0.4, 0.5) is 4.79 Å². The Kier molecular flexibility index (Phi) is 4.84. The van der Waals surface area contributed by atoms with Crippen LogP contribution in [-0.2, 0) is 11.3 Å². The second-order valence-corrected chi connectivity index (χ2v) is 2.71. The first-order valence-corrected chi connectivity index (χ1v) is 4.66. The second-order valence-electron chi connectivity index (χ2n) is 2.71. The van der Waals surface area contributed by atoms with Crippen LogP contribution >= 0.6 is 0 Å². The van der Waals surface area contributed by atoms with Gasteiger partial charge in [-0.15, -0.1) is 4.99 Å². The standard InChI is InChI=1S/C11H12N2O2/c1-2-15-11(14)13-9-12-8-10-6-4-3-5-7-10/h3-7H,2,8H2,1H3. The summed E-state index contributed by atoms with van der Waals surface area (Å²) in [6.45, 7) is 2.49. The molecule has 0 atom stereocenters. The summed E-state index contributed by atoms with van der Waals surface area (Å²) in [7, 11) is 0. The number of hydrogen-bond donors (Lipinski definition) is 0. The van der Waals surface area contributed by atoms with Gasteiger partial charge in [-0.2, -0.15) is 0 Å². The van der Waals surface area contributed by atoms with E-state index in [-0.39, 0.29) is 0 Å². The van der Waals surface area contributed by atoms with Crippen LogP contribution in [0.5, 0.6) is 0 Å². The molecule has 0 heterocycles. The van der Waals surface area contributed by atoms with Crippen molar-refractivity contribution in [2.24, 2.45) is 9.98 Å². The number of ether oxygens (including phenoxy) is 1. The van der Waals surface area contributed by atoms with Crippen molar-refractivity contribution >= 4 is 12.1 Å². The number of amides is 1. The van der Waals surface area contributed by atoms with E-state index in [0.29, 0.717) is 13.2 Å². The van der Waals surface area contributed by atoms with E-state index in [4.69, 9.17) is 0 Å². The van der Waals surface area contributed by atoms with Gasteiger partial charge < -0.3 is 4.74 Å². The van der Waals surface area contributed by atoms with Crippen molar-refractivity contribution < 1.29 is 9.53 Å². The monoisotopic (exact) mass is 204 g/mol. The first-order valence-electron chi connectivity index (χ1n) is 4.66. The summed E-state index contributed by atoms with van der Waals surface area (Å²) < 4.78 is 4.57. The fraction of sp³-hybridized carbons (Fsp3) is 0.273. The normalized spacial score (nSPS) is 8.87. The van der Waals surface area contributed by atoms with Crippen molar-refractivity contribution in [2.75, 3.05) is 6.61 Å². The van der Waals surface area contributed by atoms with Gasteiger partial charge in [0.25, 0.3) is 0 Å². The molecule has 1 amide bonds. The molecule has 0 saturated heterocycles. The molecule has 0 N–H and O–H groups in total. The van der Waals surface area contributed by atoms with E-state index in [1.165, 1.54) is 0 Å². The smallest absolute Gasteiger partial charge is 0.443 e. The van der Waals surface area contributed by atoms with Crippen molar-refractivity contribution in [3.8, 4) is 0 Å². The van der Waals surface area contributed by atoms with Crippen molar-refractivity contribution in [2.45, 2.75) is 13.5 Å². The highest BCUT2D eigenvalue weighted by atomic mass is 16.5. The predicted molar refractivity (Wildman–Crippen MR) is 57.0 cm³/mol. The van der Waals surface area contributed by atoms with E-state index in [9.17, 15) is 4.79 Å². The Labute approximate surface area is 88.3 Å². The topological polar surface area (TPSA) is 51.0 Å². The second kappa shape index (κ2) is 6.51. The average Bonchev–Trinajstić information content (AvgIpc) is 2.26. The van der Waals surface area contributed by atoms with Gasteiger partial charge in [-0.25, -0.2) is 9.79 Å². The van der Waals surface area contributed by atoms with Gasteiger partial charge in [0.15, 0.2) is 0 Å². The number of aliphatic imine (C=N–C) groups is 2. The Morgan fingerprint density at radius 1 is 1.40 bits per heavy atom. The van der Waals surface area contributed by atoms with Crippen LogP contribution in [0.25, 0.3) is 0 Å². The van der Waals surface area contributed by atoms with E-state index in [2.05, 4.69) is 20.7 Å². The predicted octanol–water partition coefficient (Wildman–Crippen LogP) is 2.52. The van der Waals surface area contributed by atoms with E-state index in [1.54, 1.807) is 6.92 Å². The average molecular weight is 204 g/mol. The molecule has 15 heavy (non-hydrogen) atoms. The van der Waals surface area contributed by atoms with Crippen molar-refractivity contribution in [1.82, 2.24) is 0 Å². The molecule has 4 heteroatoms. The molecule has 1 aromatic carbocycles. The highest BCUT2D eigenvalue weighted by Gasteiger charge is 1.92. The lowest BCUT2D eigenvalue weighted by Crippen LogP contribution is -1.96. The quantitative estimate of drug-likeness (QED) is 0.710. The summed E-state index contributed by atoms with van der Waals surface area (Å²) in [6.07, 6.45) is -0.658. The van der Waals surface area contributed by atoms with Crippen molar-refractivity contribution in [3.05, 3.63) is 35.9 Å². The van der Waals surface area contributed by atoms with Gasteiger partial charge in [-0.05, 0) is 12.5 Å². The third-order valence-corrected chi connectivity index (χ3v) is 1.58. The minimum absolute atomic E-state index is 0.308. The Hall–Kier alpha value is -1.93. The largest absolute Gasteiger partial charge is 0.448 e. The minimum Gasteiger partial charge on any atom is -0.448 e. The van der Waals surface area contributed by atoms with Gasteiger partial charge in [0.2, 0.25) is 0 Å². The number of rotatable bonds is 3. The van der Waals surface area contributed by atoms with Crippen LogP contribution in [0.3, 0.4) is 0 Å². The van der Waals surface area contributed by atoms with Gasteiger partial charge in [0, 0.05) is 0 Å². The van der Waals surface area contributed by atoms with Crippen LogP contribution in [-0.4, -0.2) is 18.7 Å². The minimum atomic E-state index is -0.658. The Bertz CT molecular complexity index is 367. The zero-order valence-electron chi connectivity index (χ0n) is 8.51. The van der Waals surface area contributed by atoms with Crippen molar-refractivity contribution in [3.63, 3.8) is 0 Å². The lowest BCUT2D eigenvalue weighted by Gasteiger charge is -1.91. The lowest BCUT2D eigenvalue weighted by molar-refractivity contribution is 0.164. The Morgan fingerprint density at radius 2 is 2.13 bits per heavy atom. The number of carbonyl (C=O) groups is 1. The number of benzene rings is 1. The van der Waals surface area contributed by atoms with Crippen LogP contribution in [0.2, 0.25) is 0 Å².